The smallest absolute Gasteiger partial charge is 0.201 e. The molecular weight excluding hydrogens is 220 g/mol. The molecule has 1 aliphatic rings. The monoisotopic (exact) mass is 228 g/mol. The van der Waals surface area contributed by atoms with Gasteiger partial charge in [0, 0.05) is 18.2 Å². The van der Waals surface area contributed by atoms with Crippen LogP contribution in [0.5, 0.6) is 0 Å². The van der Waals surface area contributed by atoms with E-state index in [2.05, 4.69) is 15.5 Å². The Morgan fingerprint density at radius 2 is 1.94 bits per heavy atom. The summed E-state index contributed by atoms with van der Waals surface area (Å²) in [5.41, 5.74) is 1.15. The van der Waals surface area contributed by atoms with Gasteiger partial charge in [-0.25, -0.2) is 4.68 Å². The number of aliphatic hydroxyl groups is 1. The van der Waals surface area contributed by atoms with Crippen molar-refractivity contribution in [3.63, 3.8) is 0 Å². The first kappa shape index (κ1) is 9.71. The second kappa shape index (κ2) is 3.24. The topological polar surface area (TPSA) is 80.9 Å². The Hall–Kier alpha value is -2.50. The van der Waals surface area contributed by atoms with Crippen molar-refractivity contribution in [2.24, 2.45) is 7.05 Å². The first-order valence-electron chi connectivity index (χ1n) is 5.00. The van der Waals surface area contributed by atoms with Crippen molar-refractivity contribution in [3.8, 4) is 0 Å². The van der Waals surface area contributed by atoms with Crippen LogP contribution in [0.4, 0.5) is 0 Å². The second-order valence-electron chi connectivity index (χ2n) is 3.72. The standard InChI is InChI=1S/C11H8N4O2/c1-15-11(12-13-14-15)8-9(16)6-4-2-3-5-7(6)10(8)17/h2-5,16H,1H3. The maximum absolute atomic E-state index is 12.1. The molecule has 0 amide bonds. The molecule has 6 nitrogen and oxygen atoms in total. The minimum atomic E-state index is -0.254. The van der Waals surface area contributed by atoms with E-state index in [-0.39, 0.29) is 22.9 Å². The number of tetrazole rings is 1. The molecule has 0 atom stereocenters. The third kappa shape index (κ3) is 1.20. The molecule has 17 heavy (non-hydrogen) atoms. The number of aryl methyl sites for hydroxylation is 1. The van der Waals surface area contributed by atoms with E-state index >= 15 is 0 Å². The summed E-state index contributed by atoms with van der Waals surface area (Å²) in [5, 5.41) is 20.9. The van der Waals surface area contributed by atoms with Crippen LogP contribution in [0.25, 0.3) is 11.3 Å². The van der Waals surface area contributed by atoms with E-state index in [1.54, 1.807) is 31.3 Å². The van der Waals surface area contributed by atoms with Crippen LogP contribution in [0.2, 0.25) is 0 Å². The van der Waals surface area contributed by atoms with Gasteiger partial charge in [-0.1, -0.05) is 24.3 Å². The molecule has 6 heteroatoms. The van der Waals surface area contributed by atoms with Gasteiger partial charge in [-0.05, 0) is 10.4 Å². The van der Waals surface area contributed by atoms with Gasteiger partial charge in [-0.15, -0.1) is 5.10 Å². The van der Waals surface area contributed by atoms with Crippen LogP contribution in [0.1, 0.15) is 21.7 Å². The van der Waals surface area contributed by atoms with Gasteiger partial charge in [0.25, 0.3) is 0 Å². The molecule has 0 radical (unpaired) electrons. The predicted octanol–water partition coefficient (Wildman–Crippen LogP) is 0.833. The third-order valence-electron chi connectivity index (χ3n) is 2.73. The van der Waals surface area contributed by atoms with Gasteiger partial charge in [-0.3, -0.25) is 4.79 Å². The number of carbonyl (C=O) groups excluding carboxylic acids is 1. The number of Topliss-reactive ketones (excluding diaryl/α,β-unsaturated/α-hetero) is 1. The zero-order valence-corrected chi connectivity index (χ0v) is 8.95. The number of benzene rings is 1. The van der Waals surface area contributed by atoms with Gasteiger partial charge in [0.15, 0.2) is 5.82 Å². The van der Waals surface area contributed by atoms with Crippen molar-refractivity contribution >= 4 is 17.1 Å². The van der Waals surface area contributed by atoms with Gasteiger partial charge < -0.3 is 5.11 Å². The number of aliphatic hydroxyl groups excluding tert-OH is 1. The summed E-state index contributed by atoms with van der Waals surface area (Å²) >= 11 is 0. The van der Waals surface area contributed by atoms with Crippen LogP contribution in [-0.4, -0.2) is 31.1 Å². The number of nitrogens with zero attached hydrogens (tertiary/aromatic N) is 4. The summed E-state index contributed by atoms with van der Waals surface area (Å²) in [4.78, 5) is 12.1. The first-order valence-corrected chi connectivity index (χ1v) is 5.00. The number of carbonyl (C=O) groups is 1. The van der Waals surface area contributed by atoms with Crippen LogP contribution >= 0.6 is 0 Å². The number of fused-ring (bicyclic) bond motifs is 1. The van der Waals surface area contributed by atoms with Gasteiger partial charge in [0.1, 0.15) is 11.3 Å². The molecule has 2 aromatic rings. The Kier molecular flexibility index (Phi) is 1.85. The molecule has 1 aromatic carbocycles. The maximum Gasteiger partial charge on any atom is 0.201 e. The van der Waals surface area contributed by atoms with Crippen LogP contribution in [-0.2, 0) is 7.05 Å². The lowest BCUT2D eigenvalue weighted by molar-refractivity contribution is 0.105. The van der Waals surface area contributed by atoms with Crippen LogP contribution in [0.3, 0.4) is 0 Å². The molecule has 84 valence electrons. The molecule has 1 N–H and O–H groups in total. The van der Waals surface area contributed by atoms with E-state index in [4.69, 9.17) is 0 Å². The molecule has 1 aliphatic carbocycles. The van der Waals surface area contributed by atoms with E-state index < -0.39 is 0 Å². The first-order chi connectivity index (χ1) is 8.20. The Bertz CT molecular complexity index is 657. The fourth-order valence-corrected chi connectivity index (χ4v) is 1.91. The van der Waals surface area contributed by atoms with Gasteiger partial charge in [0.2, 0.25) is 5.78 Å². The highest BCUT2D eigenvalue weighted by atomic mass is 16.3. The number of aromatic nitrogens is 4. The summed E-state index contributed by atoms with van der Waals surface area (Å²) in [6.45, 7) is 0. The van der Waals surface area contributed by atoms with Crippen molar-refractivity contribution < 1.29 is 9.90 Å². The van der Waals surface area contributed by atoms with Crippen molar-refractivity contribution in [3.05, 3.63) is 41.2 Å². The predicted molar refractivity (Wildman–Crippen MR) is 59.0 cm³/mol. The third-order valence-corrected chi connectivity index (χ3v) is 2.73. The Balaban J connectivity index is 2.25. The molecule has 0 saturated carbocycles. The zero-order chi connectivity index (χ0) is 12.0. The van der Waals surface area contributed by atoms with E-state index in [0.717, 1.165) is 0 Å². The van der Waals surface area contributed by atoms with Crippen molar-refractivity contribution in [2.75, 3.05) is 0 Å². The molecule has 0 saturated heterocycles. The zero-order valence-electron chi connectivity index (χ0n) is 8.95. The lowest BCUT2D eigenvalue weighted by Crippen LogP contribution is -2.05. The van der Waals surface area contributed by atoms with Crippen LogP contribution in [0.15, 0.2) is 24.3 Å². The van der Waals surface area contributed by atoms with Crippen LogP contribution in [0, 0.1) is 0 Å². The summed E-state index contributed by atoms with van der Waals surface area (Å²) in [7, 11) is 1.62. The molecule has 0 spiro atoms. The average molecular weight is 228 g/mol. The van der Waals surface area contributed by atoms with Crippen molar-refractivity contribution in [2.45, 2.75) is 0 Å². The van der Waals surface area contributed by atoms with E-state index in [1.165, 1.54) is 4.68 Å². The molecular formula is C11H8N4O2. The van der Waals surface area contributed by atoms with Gasteiger partial charge >= 0.3 is 0 Å². The Morgan fingerprint density at radius 3 is 2.53 bits per heavy atom. The van der Waals surface area contributed by atoms with E-state index in [0.29, 0.717) is 11.1 Å². The molecule has 1 heterocycles. The fourth-order valence-electron chi connectivity index (χ4n) is 1.91. The number of rotatable bonds is 1. The Labute approximate surface area is 96.2 Å². The maximum atomic E-state index is 12.1. The van der Waals surface area contributed by atoms with E-state index in [9.17, 15) is 9.90 Å². The highest BCUT2D eigenvalue weighted by molar-refractivity contribution is 6.38. The summed E-state index contributed by atoms with van der Waals surface area (Å²) in [5.74, 6) is -0.0526. The lowest BCUT2D eigenvalue weighted by atomic mass is 10.1. The average Bonchev–Trinajstić information content (AvgIpc) is 2.84. The van der Waals surface area contributed by atoms with E-state index in [1.807, 2.05) is 0 Å². The lowest BCUT2D eigenvalue weighted by Gasteiger charge is -1.98. The normalized spacial score (nSPS) is 14.3. The summed E-state index contributed by atoms with van der Waals surface area (Å²) < 4.78 is 1.36. The number of hydrogen-bond acceptors (Lipinski definition) is 5. The Morgan fingerprint density at radius 1 is 1.24 bits per heavy atom. The van der Waals surface area contributed by atoms with Gasteiger partial charge in [0.05, 0.1) is 0 Å². The highest BCUT2D eigenvalue weighted by Crippen LogP contribution is 2.35. The molecule has 0 bridgehead atoms. The number of ketones is 1. The molecule has 3 rings (SSSR count). The van der Waals surface area contributed by atoms with Crippen molar-refractivity contribution in [1.29, 1.82) is 0 Å². The SMILES string of the molecule is Cn1nnnc1C1=C(O)c2ccccc2C1=O. The molecule has 0 fully saturated rings. The van der Waals surface area contributed by atoms with Crippen molar-refractivity contribution in [1.82, 2.24) is 20.2 Å². The summed E-state index contributed by atoms with van der Waals surface area (Å²) in [6.07, 6.45) is 0. The molecule has 1 aromatic heterocycles. The molecule has 0 unspecified atom stereocenters. The number of allylic oxidation sites excluding steroid dienone is 1. The molecule has 0 aliphatic heterocycles. The second-order valence-corrected chi connectivity index (χ2v) is 3.72. The number of hydrogen-bond donors (Lipinski definition) is 1. The summed E-state index contributed by atoms with van der Waals surface area (Å²) in [6, 6.07) is 6.88. The largest absolute Gasteiger partial charge is 0.506 e. The van der Waals surface area contributed by atoms with Gasteiger partial charge in [-0.2, -0.15) is 0 Å². The highest BCUT2D eigenvalue weighted by Gasteiger charge is 2.33. The minimum absolute atomic E-state index is 0.0662. The van der Waals surface area contributed by atoms with Crippen LogP contribution < -0.4 is 0 Å². The quantitative estimate of drug-likeness (QED) is 0.781. The fraction of sp³-hybridized carbons (Fsp3) is 0.0909. The minimum Gasteiger partial charge on any atom is -0.506 e.